The summed E-state index contributed by atoms with van der Waals surface area (Å²) >= 11 is 3.40. The zero-order valence-electron chi connectivity index (χ0n) is 10.9. The van der Waals surface area contributed by atoms with Crippen molar-refractivity contribution in [2.45, 2.75) is 25.7 Å². The van der Waals surface area contributed by atoms with Gasteiger partial charge in [-0.3, -0.25) is 4.79 Å². The number of amides is 1. The van der Waals surface area contributed by atoms with Crippen molar-refractivity contribution in [3.63, 3.8) is 0 Å². The van der Waals surface area contributed by atoms with Crippen molar-refractivity contribution >= 4 is 33.5 Å². The van der Waals surface area contributed by atoms with Crippen LogP contribution in [0.5, 0.6) is 0 Å². The Kier molecular flexibility index (Phi) is 4.95. The standard InChI is InChI=1S/C15H16BrNO3/c16-12-3-1-2-4-13(12)17-15(20)11-7-5-10(6-8-11)9-14(18)19/h1-4,9,11H,5-8H2,(H,17,20)(H,18,19). The fourth-order valence-electron chi connectivity index (χ4n) is 2.37. The molecule has 4 nitrogen and oxygen atoms in total. The molecule has 106 valence electrons. The summed E-state index contributed by atoms with van der Waals surface area (Å²) < 4.78 is 0.857. The highest BCUT2D eigenvalue weighted by Crippen LogP contribution is 2.30. The van der Waals surface area contributed by atoms with Gasteiger partial charge in [-0.05, 0) is 53.7 Å². The zero-order chi connectivity index (χ0) is 14.5. The third-order valence-electron chi connectivity index (χ3n) is 3.46. The van der Waals surface area contributed by atoms with Gasteiger partial charge in [-0.1, -0.05) is 17.7 Å². The Morgan fingerprint density at radius 1 is 1.25 bits per heavy atom. The molecule has 2 rings (SSSR count). The number of benzene rings is 1. The summed E-state index contributed by atoms with van der Waals surface area (Å²) in [7, 11) is 0. The molecular formula is C15H16BrNO3. The summed E-state index contributed by atoms with van der Waals surface area (Å²) in [6.45, 7) is 0. The number of carboxylic acid groups (broad SMARTS) is 1. The molecule has 0 spiro atoms. The van der Waals surface area contributed by atoms with Gasteiger partial charge < -0.3 is 10.4 Å². The molecule has 0 saturated heterocycles. The van der Waals surface area contributed by atoms with Gasteiger partial charge in [0.25, 0.3) is 0 Å². The van der Waals surface area contributed by atoms with E-state index in [1.165, 1.54) is 6.08 Å². The minimum absolute atomic E-state index is 0.00581. The van der Waals surface area contributed by atoms with Crippen LogP contribution in [0.3, 0.4) is 0 Å². The molecule has 0 bridgehead atoms. The van der Waals surface area contributed by atoms with Crippen molar-refractivity contribution in [3.8, 4) is 0 Å². The van der Waals surface area contributed by atoms with Gasteiger partial charge in [0.15, 0.2) is 0 Å². The molecule has 0 atom stereocenters. The lowest BCUT2D eigenvalue weighted by Crippen LogP contribution is -2.25. The first kappa shape index (κ1) is 14.8. The highest BCUT2D eigenvalue weighted by molar-refractivity contribution is 9.10. The highest BCUT2D eigenvalue weighted by atomic mass is 79.9. The molecule has 0 aromatic heterocycles. The Balaban J connectivity index is 1.93. The van der Waals surface area contributed by atoms with E-state index in [1.807, 2.05) is 24.3 Å². The minimum atomic E-state index is -0.906. The van der Waals surface area contributed by atoms with Crippen molar-refractivity contribution < 1.29 is 14.7 Å². The molecule has 20 heavy (non-hydrogen) atoms. The van der Waals surface area contributed by atoms with Gasteiger partial charge in [0, 0.05) is 16.5 Å². The number of halogens is 1. The number of aliphatic carboxylic acids is 1. The van der Waals surface area contributed by atoms with Gasteiger partial charge in [0.05, 0.1) is 5.69 Å². The van der Waals surface area contributed by atoms with Crippen LogP contribution < -0.4 is 5.32 Å². The van der Waals surface area contributed by atoms with E-state index in [2.05, 4.69) is 21.2 Å². The van der Waals surface area contributed by atoms with Crippen LogP contribution in [0.1, 0.15) is 25.7 Å². The van der Waals surface area contributed by atoms with E-state index in [1.54, 1.807) is 0 Å². The smallest absolute Gasteiger partial charge is 0.328 e. The first-order chi connectivity index (χ1) is 9.56. The molecule has 1 aromatic carbocycles. The molecule has 1 fully saturated rings. The summed E-state index contributed by atoms with van der Waals surface area (Å²) in [6.07, 6.45) is 4.04. The molecule has 1 amide bonds. The molecule has 0 unspecified atom stereocenters. The molecule has 0 heterocycles. The summed E-state index contributed by atoms with van der Waals surface area (Å²) in [6, 6.07) is 7.49. The lowest BCUT2D eigenvalue weighted by atomic mass is 9.85. The van der Waals surface area contributed by atoms with Gasteiger partial charge >= 0.3 is 5.97 Å². The van der Waals surface area contributed by atoms with Gasteiger partial charge in [0.1, 0.15) is 0 Å². The van der Waals surface area contributed by atoms with Gasteiger partial charge in [-0.15, -0.1) is 0 Å². The quantitative estimate of drug-likeness (QED) is 0.828. The Bertz CT molecular complexity index is 544. The average molecular weight is 338 g/mol. The molecule has 1 aromatic rings. The third-order valence-corrected chi connectivity index (χ3v) is 4.15. The largest absolute Gasteiger partial charge is 0.478 e. The maximum absolute atomic E-state index is 12.2. The summed E-state index contributed by atoms with van der Waals surface area (Å²) in [4.78, 5) is 22.8. The van der Waals surface area contributed by atoms with E-state index < -0.39 is 5.97 Å². The van der Waals surface area contributed by atoms with Crippen LogP contribution in [-0.2, 0) is 9.59 Å². The normalized spacial score (nSPS) is 18.4. The van der Waals surface area contributed by atoms with Crippen LogP contribution in [0.15, 0.2) is 40.4 Å². The number of hydrogen-bond acceptors (Lipinski definition) is 2. The molecular weight excluding hydrogens is 322 g/mol. The van der Waals surface area contributed by atoms with E-state index >= 15 is 0 Å². The van der Waals surface area contributed by atoms with Crippen molar-refractivity contribution in [3.05, 3.63) is 40.4 Å². The van der Waals surface area contributed by atoms with Crippen molar-refractivity contribution in [2.75, 3.05) is 5.32 Å². The first-order valence-electron chi connectivity index (χ1n) is 6.54. The SMILES string of the molecule is O=C(O)C=C1CCC(C(=O)Nc2ccccc2Br)CC1. The van der Waals surface area contributed by atoms with E-state index in [9.17, 15) is 9.59 Å². The first-order valence-corrected chi connectivity index (χ1v) is 7.33. The van der Waals surface area contributed by atoms with Crippen molar-refractivity contribution in [1.82, 2.24) is 0 Å². The molecule has 1 aliphatic rings. The number of rotatable bonds is 3. The second-order valence-electron chi connectivity index (χ2n) is 4.88. The summed E-state index contributed by atoms with van der Waals surface area (Å²) in [5, 5.41) is 11.6. The number of anilines is 1. The highest BCUT2D eigenvalue weighted by Gasteiger charge is 2.23. The Morgan fingerprint density at radius 3 is 2.50 bits per heavy atom. The fraction of sp³-hybridized carbons (Fsp3) is 0.333. The molecule has 1 saturated carbocycles. The number of carbonyl (C=O) groups is 2. The van der Waals surface area contributed by atoms with Gasteiger partial charge in [0.2, 0.25) is 5.91 Å². The second kappa shape index (κ2) is 6.70. The monoisotopic (exact) mass is 337 g/mol. The van der Waals surface area contributed by atoms with Gasteiger partial charge in [-0.2, -0.15) is 0 Å². The summed E-state index contributed by atoms with van der Waals surface area (Å²) in [5.41, 5.74) is 1.69. The van der Waals surface area contributed by atoms with Crippen molar-refractivity contribution in [1.29, 1.82) is 0 Å². The van der Waals surface area contributed by atoms with Crippen LogP contribution in [0.2, 0.25) is 0 Å². The Hall–Kier alpha value is -1.62. The molecule has 0 radical (unpaired) electrons. The van der Waals surface area contributed by atoms with Crippen LogP contribution in [0, 0.1) is 5.92 Å². The topological polar surface area (TPSA) is 66.4 Å². The number of carbonyl (C=O) groups excluding carboxylic acids is 1. The predicted molar refractivity (Wildman–Crippen MR) is 80.4 cm³/mol. The number of hydrogen-bond donors (Lipinski definition) is 2. The Morgan fingerprint density at radius 2 is 1.90 bits per heavy atom. The summed E-state index contributed by atoms with van der Waals surface area (Å²) in [5.74, 6) is -0.949. The van der Waals surface area contributed by atoms with E-state index in [4.69, 9.17) is 5.11 Å². The lowest BCUT2D eigenvalue weighted by molar-refractivity contribution is -0.131. The molecule has 5 heteroatoms. The van der Waals surface area contributed by atoms with E-state index in [0.717, 1.165) is 15.7 Å². The van der Waals surface area contributed by atoms with E-state index in [-0.39, 0.29) is 11.8 Å². The third kappa shape index (κ3) is 3.93. The number of carboxylic acids is 1. The lowest BCUT2D eigenvalue weighted by Gasteiger charge is -2.23. The van der Waals surface area contributed by atoms with Gasteiger partial charge in [-0.25, -0.2) is 4.79 Å². The zero-order valence-corrected chi connectivity index (χ0v) is 12.5. The predicted octanol–water partition coefficient (Wildman–Crippen LogP) is 3.59. The maximum Gasteiger partial charge on any atom is 0.328 e. The van der Waals surface area contributed by atoms with Crippen LogP contribution in [0.4, 0.5) is 5.69 Å². The fourth-order valence-corrected chi connectivity index (χ4v) is 2.75. The average Bonchev–Trinajstić information content (AvgIpc) is 2.41. The molecule has 2 N–H and O–H groups in total. The molecule has 0 aliphatic heterocycles. The number of nitrogens with one attached hydrogen (secondary N) is 1. The Labute approximate surface area is 126 Å². The van der Waals surface area contributed by atoms with Crippen LogP contribution in [0.25, 0.3) is 0 Å². The maximum atomic E-state index is 12.2. The minimum Gasteiger partial charge on any atom is -0.478 e. The van der Waals surface area contributed by atoms with E-state index in [0.29, 0.717) is 25.7 Å². The van der Waals surface area contributed by atoms with Crippen LogP contribution in [-0.4, -0.2) is 17.0 Å². The van der Waals surface area contributed by atoms with Crippen LogP contribution >= 0.6 is 15.9 Å². The second-order valence-corrected chi connectivity index (χ2v) is 5.74. The number of allylic oxidation sites excluding steroid dienone is 1. The van der Waals surface area contributed by atoms with Crippen molar-refractivity contribution in [2.24, 2.45) is 5.92 Å². The molecule has 1 aliphatic carbocycles. The number of para-hydroxylation sites is 1.